The molecule has 0 unspecified atom stereocenters. The molecular weight excluding hydrogens is 464 g/mol. The van der Waals surface area contributed by atoms with E-state index in [1.54, 1.807) is 36.4 Å². The molecule has 2 amide bonds. The largest absolute Gasteiger partial charge is 0.493 e. The molecular formula is C20H15ClN2O6S2. The molecule has 0 atom stereocenters. The van der Waals surface area contributed by atoms with Crippen molar-refractivity contribution in [3.05, 3.63) is 63.5 Å². The summed E-state index contributed by atoms with van der Waals surface area (Å²) in [7, 11) is 1.41. The highest BCUT2D eigenvalue weighted by atomic mass is 35.5. The minimum atomic E-state index is -1.12. The number of hydrogen-bond donors (Lipinski definition) is 2. The van der Waals surface area contributed by atoms with Gasteiger partial charge in [-0.15, -0.1) is 0 Å². The van der Waals surface area contributed by atoms with E-state index in [9.17, 15) is 14.4 Å². The number of methoxy groups -OCH3 is 1. The number of hydrazine groups is 1. The Balaban J connectivity index is 1.76. The number of ether oxygens (including phenoxy) is 2. The smallest absolute Gasteiger partial charge is 0.341 e. The molecule has 2 aromatic rings. The van der Waals surface area contributed by atoms with E-state index in [1.807, 2.05) is 0 Å². The van der Waals surface area contributed by atoms with Gasteiger partial charge in [-0.1, -0.05) is 35.5 Å². The van der Waals surface area contributed by atoms with Crippen LogP contribution in [0.25, 0.3) is 6.08 Å². The summed E-state index contributed by atoms with van der Waals surface area (Å²) in [5.74, 6) is -1.57. The Morgan fingerprint density at radius 3 is 2.71 bits per heavy atom. The van der Waals surface area contributed by atoms with Gasteiger partial charge in [-0.05, 0) is 54.2 Å². The van der Waals surface area contributed by atoms with Gasteiger partial charge in [0.1, 0.15) is 0 Å². The number of hydrogen-bond acceptors (Lipinski definition) is 7. The van der Waals surface area contributed by atoms with E-state index in [-0.39, 0.29) is 20.5 Å². The fraction of sp³-hybridized carbons (Fsp3) is 0.100. The number of nitrogens with one attached hydrogen (secondary N) is 1. The molecule has 1 fully saturated rings. The summed E-state index contributed by atoms with van der Waals surface area (Å²) < 4.78 is 10.5. The van der Waals surface area contributed by atoms with E-state index < -0.39 is 24.4 Å². The van der Waals surface area contributed by atoms with Gasteiger partial charge in [0, 0.05) is 10.6 Å². The average Bonchev–Trinajstić information content (AvgIpc) is 2.99. The van der Waals surface area contributed by atoms with Crippen molar-refractivity contribution in [2.45, 2.75) is 0 Å². The fourth-order valence-electron chi connectivity index (χ4n) is 2.54. The molecule has 1 aliphatic rings. The van der Waals surface area contributed by atoms with Gasteiger partial charge in [0.05, 0.1) is 12.0 Å². The zero-order chi connectivity index (χ0) is 22.5. The Morgan fingerprint density at radius 1 is 1.26 bits per heavy atom. The third-order valence-corrected chi connectivity index (χ3v) is 5.47. The zero-order valence-electron chi connectivity index (χ0n) is 16.0. The molecule has 8 nitrogen and oxygen atoms in total. The number of aliphatic carboxylic acids is 1. The third-order valence-electron chi connectivity index (χ3n) is 3.93. The van der Waals surface area contributed by atoms with E-state index in [0.29, 0.717) is 16.3 Å². The van der Waals surface area contributed by atoms with Crippen LogP contribution in [0.15, 0.2) is 47.4 Å². The van der Waals surface area contributed by atoms with Crippen LogP contribution in [0.2, 0.25) is 5.02 Å². The van der Waals surface area contributed by atoms with Gasteiger partial charge in [0.2, 0.25) is 0 Å². The summed E-state index contributed by atoms with van der Waals surface area (Å²) in [4.78, 5) is 36.1. The molecule has 1 aliphatic heterocycles. The van der Waals surface area contributed by atoms with Crippen molar-refractivity contribution in [1.29, 1.82) is 0 Å². The van der Waals surface area contributed by atoms with Crippen molar-refractivity contribution in [2.24, 2.45) is 0 Å². The molecule has 1 heterocycles. The lowest BCUT2D eigenvalue weighted by Crippen LogP contribution is -2.44. The Hall–Kier alpha value is -3.08. The second-order valence-corrected chi connectivity index (χ2v) is 8.17. The van der Waals surface area contributed by atoms with Crippen molar-refractivity contribution < 1.29 is 29.0 Å². The number of amides is 2. The topological polar surface area (TPSA) is 105 Å². The highest BCUT2D eigenvalue weighted by Crippen LogP contribution is 2.34. The van der Waals surface area contributed by atoms with Crippen LogP contribution < -0.4 is 14.9 Å². The van der Waals surface area contributed by atoms with Crippen LogP contribution in [0, 0.1) is 0 Å². The number of carbonyl (C=O) groups is 3. The number of carboxylic acid groups (broad SMARTS) is 1. The van der Waals surface area contributed by atoms with Crippen molar-refractivity contribution >= 4 is 63.8 Å². The summed E-state index contributed by atoms with van der Waals surface area (Å²) >= 11 is 12.1. The highest BCUT2D eigenvalue weighted by molar-refractivity contribution is 8.26. The minimum Gasteiger partial charge on any atom is -0.493 e. The molecule has 2 N–H and O–H groups in total. The third kappa shape index (κ3) is 5.54. The molecule has 0 bridgehead atoms. The first kappa shape index (κ1) is 22.6. The number of benzene rings is 2. The Morgan fingerprint density at radius 2 is 2.03 bits per heavy atom. The van der Waals surface area contributed by atoms with Gasteiger partial charge in [0.15, 0.2) is 22.4 Å². The fourth-order valence-corrected chi connectivity index (χ4v) is 3.91. The maximum atomic E-state index is 12.7. The number of halogens is 1. The summed E-state index contributed by atoms with van der Waals surface area (Å²) in [6.07, 6.45) is 1.58. The molecule has 0 saturated carbocycles. The summed E-state index contributed by atoms with van der Waals surface area (Å²) in [6, 6.07) is 11.1. The van der Waals surface area contributed by atoms with E-state index >= 15 is 0 Å². The molecule has 3 rings (SSSR count). The van der Waals surface area contributed by atoms with Crippen LogP contribution in [-0.2, 0) is 9.59 Å². The van der Waals surface area contributed by atoms with Crippen molar-refractivity contribution in [1.82, 2.24) is 10.4 Å². The lowest BCUT2D eigenvalue weighted by atomic mass is 10.2. The van der Waals surface area contributed by atoms with Crippen LogP contribution >= 0.6 is 35.6 Å². The first-order valence-electron chi connectivity index (χ1n) is 8.65. The molecule has 11 heteroatoms. The van der Waals surface area contributed by atoms with Gasteiger partial charge in [-0.25, -0.2) is 4.79 Å². The van der Waals surface area contributed by atoms with Crippen molar-refractivity contribution in [3.63, 3.8) is 0 Å². The lowest BCUT2D eigenvalue weighted by molar-refractivity contribution is -0.139. The molecule has 160 valence electrons. The molecule has 0 aromatic heterocycles. The molecule has 0 radical (unpaired) electrons. The maximum absolute atomic E-state index is 12.7. The summed E-state index contributed by atoms with van der Waals surface area (Å²) in [5.41, 5.74) is 3.36. The minimum absolute atomic E-state index is 0.167. The summed E-state index contributed by atoms with van der Waals surface area (Å²) in [5, 5.41) is 10.1. The van der Waals surface area contributed by atoms with Crippen molar-refractivity contribution in [3.8, 4) is 11.5 Å². The second kappa shape index (κ2) is 9.82. The standard InChI is InChI=1S/C20H15ClN2O6S2/c1-28-15-7-11(5-6-14(15)29-10-17(24)25)8-16-19(27)23(20(30)31-16)22-18(26)12-3-2-4-13(21)9-12/h2-9H,10H2,1H3,(H,22,26)(H,24,25)/b16-8+. The van der Waals surface area contributed by atoms with Crippen LogP contribution in [0.3, 0.4) is 0 Å². The maximum Gasteiger partial charge on any atom is 0.341 e. The van der Waals surface area contributed by atoms with Gasteiger partial charge in [0.25, 0.3) is 11.8 Å². The lowest BCUT2D eigenvalue weighted by Gasteiger charge is -2.15. The molecule has 0 spiro atoms. The number of carboxylic acids is 1. The number of thiocarbonyl (C=S) groups is 1. The zero-order valence-corrected chi connectivity index (χ0v) is 18.3. The van der Waals surface area contributed by atoms with E-state index in [0.717, 1.165) is 16.8 Å². The number of thioether (sulfide) groups is 1. The van der Waals surface area contributed by atoms with Gasteiger partial charge < -0.3 is 14.6 Å². The normalized spacial score (nSPS) is 14.6. The predicted octanol–water partition coefficient (Wildman–Crippen LogP) is 3.36. The van der Waals surface area contributed by atoms with Crippen molar-refractivity contribution in [2.75, 3.05) is 13.7 Å². The Kier molecular flexibility index (Phi) is 7.16. The average molecular weight is 479 g/mol. The Labute approximate surface area is 191 Å². The van der Waals surface area contributed by atoms with E-state index in [2.05, 4.69) is 5.43 Å². The van der Waals surface area contributed by atoms with Gasteiger partial charge in [-0.3, -0.25) is 15.0 Å². The van der Waals surface area contributed by atoms with Gasteiger partial charge >= 0.3 is 5.97 Å². The molecule has 31 heavy (non-hydrogen) atoms. The Bertz CT molecular complexity index is 1100. The summed E-state index contributed by atoms with van der Waals surface area (Å²) in [6.45, 7) is -0.513. The first-order valence-corrected chi connectivity index (χ1v) is 10.3. The van der Waals surface area contributed by atoms with E-state index in [1.165, 1.54) is 19.2 Å². The van der Waals surface area contributed by atoms with E-state index in [4.69, 9.17) is 38.4 Å². The highest BCUT2D eigenvalue weighted by Gasteiger charge is 2.33. The number of carbonyl (C=O) groups excluding carboxylic acids is 2. The number of rotatable bonds is 7. The van der Waals surface area contributed by atoms with Crippen LogP contribution in [0.4, 0.5) is 0 Å². The number of nitrogens with zero attached hydrogens (tertiary/aromatic N) is 1. The second-order valence-electron chi connectivity index (χ2n) is 6.06. The molecule has 1 saturated heterocycles. The molecule has 0 aliphatic carbocycles. The van der Waals surface area contributed by atoms with Crippen LogP contribution in [-0.4, -0.2) is 45.9 Å². The SMILES string of the molecule is COc1cc(/C=C2/SC(=S)N(NC(=O)c3cccc(Cl)c3)C2=O)ccc1OCC(=O)O. The predicted molar refractivity (Wildman–Crippen MR) is 120 cm³/mol. The van der Waals surface area contributed by atoms with Crippen LogP contribution in [0.1, 0.15) is 15.9 Å². The van der Waals surface area contributed by atoms with Gasteiger partial charge in [-0.2, -0.15) is 5.01 Å². The van der Waals surface area contributed by atoms with Crippen LogP contribution in [0.5, 0.6) is 11.5 Å². The molecule has 2 aromatic carbocycles. The quantitative estimate of drug-likeness (QED) is 0.461. The monoisotopic (exact) mass is 478 g/mol. The first-order chi connectivity index (χ1) is 14.8.